The zero-order valence-corrected chi connectivity index (χ0v) is 10.3. The highest BCUT2D eigenvalue weighted by Crippen LogP contribution is 2.24. The zero-order chi connectivity index (χ0) is 11.7. The minimum Gasteiger partial charge on any atom is -0.323 e. The van der Waals surface area contributed by atoms with Crippen LogP contribution in [0.3, 0.4) is 0 Å². The maximum atomic E-state index is 13.2. The van der Waals surface area contributed by atoms with Crippen molar-refractivity contribution in [3.05, 3.63) is 46.7 Å². The summed E-state index contributed by atoms with van der Waals surface area (Å²) in [6.07, 6.45) is 3.31. The Balaban J connectivity index is 2.58. The maximum absolute atomic E-state index is 13.2. The van der Waals surface area contributed by atoms with Gasteiger partial charge in [0.25, 0.3) is 0 Å². The molecule has 0 fully saturated rings. The molecule has 1 aromatic heterocycles. The van der Waals surface area contributed by atoms with E-state index >= 15 is 0 Å². The lowest BCUT2D eigenvalue weighted by molar-refractivity contribution is 0.625. The Morgan fingerprint density at radius 3 is 2.94 bits per heavy atom. The van der Waals surface area contributed by atoms with E-state index in [4.69, 9.17) is 5.73 Å². The van der Waals surface area contributed by atoms with Crippen LogP contribution in [0.25, 0.3) is 5.69 Å². The topological polar surface area (TPSA) is 43.8 Å². The molecule has 1 atom stereocenters. The van der Waals surface area contributed by atoms with Crippen molar-refractivity contribution < 1.29 is 4.39 Å². The molecule has 0 aliphatic rings. The number of hydrogen-bond donors (Lipinski definition) is 1. The van der Waals surface area contributed by atoms with Gasteiger partial charge in [-0.15, -0.1) is 0 Å². The van der Waals surface area contributed by atoms with Gasteiger partial charge in [0.05, 0.1) is 23.9 Å². The van der Waals surface area contributed by atoms with Crippen LogP contribution in [0.1, 0.15) is 18.7 Å². The van der Waals surface area contributed by atoms with Crippen molar-refractivity contribution in [1.82, 2.24) is 9.55 Å². The number of halogens is 2. The Morgan fingerprint density at radius 1 is 1.50 bits per heavy atom. The molecule has 5 heteroatoms. The highest BCUT2D eigenvalue weighted by Gasteiger charge is 2.11. The van der Waals surface area contributed by atoms with Crippen molar-refractivity contribution in [1.29, 1.82) is 0 Å². The lowest BCUT2D eigenvalue weighted by atomic mass is 10.2. The molecule has 2 aromatic rings. The van der Waals surface area contributed by atoms with Crippen LogP contribution in [0.5, 0.6) is 0 Å². The summed E-state index contributed by atoms with van der Waals surface area (Å²) in [6.45, 7) is 1.86. The minimum atomic E-state index is -0.289. The second-order valence-corrected chi connectivity index (χ2v) is 4.43. The molecule has 3 nitrogen and oxygen atoms in total. The molecule has 0 aliphatic heterocycles. The standard InChI is InChI=1S/C11H11BrFN3/c1-7(14)11-5-15-6-16(11)10-4-8(13)2-3-9(10)12/h2-7H,14H2,1H3. The first-order chi connectivity index (χ1) is 7.59. The third kappa shape index (κ3) is 2.01. The van der Waals surface area contributed by atoms with E-state index < -0.39 is 0 Å². The predicted molar refractivity (Wildman–Crippen MR) is 63.8 cm³/mol. The third-order valence-electron chi connectivity index (χ3n) is 2.30. The van der Waals surface area contributed by atoms with Gasteiger partial charge in [0.15, 0.2) is 0 Å². The second kappa shape index (κ2) is 4.35. The normalized spacial score (nSPS) is 12.8. The van der Waals surface area contributed by atoms with Crippen molar-refractivity contribution in [3.8, 4) is 5.69 Å². The summed E-state index contributed by atoms with van der Waals surface area (Å²) in [4.78, 5) is 4.03. The number of imidazole rings is 1. The van der Waals surface area contributed by atoms with Crippen molar-refractivity contribution >= 4 is 15.9 Å². The molecule has 1 heterocycles. The molecule has 2 rings (SSSR count). The number of hydrogen-bond acceptors (Lipinski definition) is 2. The highest BCUT2D eigenvalue weighted by molar-refractivity contribution is 9.10. The van der Waals surface area contributed by atoms with E-state index in [-0.39, 0.29) is 11.9 Å². The molecule has 0 radical (unpaired) electrons. The smallest absolute Gasteiger partial charge is 0.125 e. The van der Waals surface area contributed by atoms with E-state index in [1.54, 1.807) is 23.2 Å². The fraction of sp³-hybridized carbons (Fsp3) is 0.182. The van der Waals surface area contributed by atoms with Crippen LogP contribution in [0.4, 0.5) is 4.39 Å². The lowest BCUT2D eigenvalue weighted by Crippen LogP contribution is -2.11. The van der Waals surface area contributed by atoms with Gasteiger partial charge < -0.3 is 10.3 Å². The van der Waals surface area contributed by atoms with Gasteiger partial charge in [0.1, 0.15) is 5.82 Å². The number of benzene rings is 1. The first-order valence-electron chi connectivity index (χ1n) is 4.83. The molecular weight excluding hydrogens is 273 g/mol. The monoisotopic (exact) mass is 283 g/mol. The van der Waals surface area contributed by atoms with E-state index in [1.807, 2.05) is 6.92 Å². The predicted octanol–water partition coefficient (Wildman–Crippen LogP) is 2.79. The Bertz CT molecular complexity index is 508. The minimum absolute atomic E-state index is 0.155. The van der Waals surface area contributed by atoms with Gasteiger partial charge in [-0.3, -0.25) is 0 Å². The summed E-state index contributed by atoms with van der Waals surface area (Å²) in [6, 6.07) is 4.35. The largest absolute Gasteiger partial charge is 0.323 e. The van der Waals surface area contributed by atoms with Gasteiger partial charge in [-0.25, -0.2) is 9.37 Å². The molecule has 2 N–H and O–H groups in total. The second-order valence-electron chi connectivity index (χ2n) is 3.57. The Morgan fingerprint density at radius 2 is 2.25 bits per heavy atom. The molecule has 0 amide bonds. The fourth-order valence-corrected chi connectivity index (χ4v) is 1.95. The molecule has 16 heavy (non-hydrogen) atoms. The molecule has 0 spiro atoms. The number of aromatic nitrogens is 2. The molecule has 0 bridgehead atoms. The Kier molecular flexibility index (Phi) is 3.07. The number of nitrogens with two attached hydrogens (primary N) is 1. The average molecular weight is 284 g/mol. The van der Waals surface area contributed by atoms with Crippen LogP contribution < -0.4 is 5.73 Å². The van der Waals surface area contributed by atoms with Crippen LogP contribution in [0.2, 0.25) is 0 Å². The van der Waals surface area contributed by atoms with Crippen molar-refractivity contribution in [3.63, 3.8) is 0 Å². The van der Waals surface area contributed by atoms with Gasteiger partial charge in [0, 0.05) is 10.5 Å². The fourth-order valence-electron chi connectivity index (χ4n) is 1.51. The van der Waals surface area contributed by atoms with Gasteiger partial charge >= 0.3 is 0 Å². The van der Waals surface area contributed by atoms with E-state index in [1.165, 1.54) is 12.1 Å². The van der Waals surface area contributed by atoms with Crippen molar-refractivity contribution in [2.45, 2.75) is 13.0 Å². The van der Waals surface area contributed by atoms with E-state index in [0.29, 0.717) is 5.69 Å². The average Bonchev–Trinajstić information content (AvgIpc) is 2.70. The summed E-state index contributed by atoms with van der Waals surface area (Å²) in [5, 5.41) is 0. The molecular formula is C11H11BrFN3. The quantitative estimate of drug-likeness (QED) is 0.921. The zero-order valence-electron chi connectivity index (χ0n) is 8.69. The molecule has 1 unspecified atom stereocenters. The van der Waals surface area contributed by atoms with Gasteiger partial charge in [-0.1, -0.05) is 0 Å². The van der Waals surface area contributed by atoms with Crippen molar-refractivity contribution in [2.24, 2.45) is 5.73 Å². The van der Waals surface area contributed by atoms with Crippen molar-refractivity contribution in [2.75, 3.05) is 0 Å². The molecule has 0 aliphatic carbocycles. The summed E-state index contributed by atoms with van der Waals surface area (Å²) < 4.78 is 15.8. The summed E-state index contributed by atoms with van der Waals surface area (Å²) in [5.74, 6) is -0.289. The maximum Gasteiger partial charge on any atom is 0.125 e. The van der Waals surface area contributed by atoms with E-state index in [9.17, 15) is 4.39 Å². The molecule has 1 aromatic carbocycles. The lowest BCUT2D eigenvalue weighted by Gasteiger charge is -2.12. The number of rotatable bonds is 2. The summed E-state index contributed by atoms with van der Waals surface area (Å²) >= 11 is 3.38. The van der Waals surface area contributed by atoms with Gasteiger partial charge in [-0.05, 0) is 41.1 Å². The third-order valence-corrected chi connectivity index (χ3v) is 2.97. The first-order valence-corrected chi connectivity index (χ1v) is 5.62. The molecule has 84 valence electrons. The molecule has 0 saturated heterocycles. The Hall–Kier alpha value is -1.20. The van der Waals surface area contributed by atoms with E-state index in [0.717, 1.165) is 10.2 Å². The van der Waals surface area contributed by atoms with Crippen LogP contribution >= 0.6 is 15.9 Å². The van der Waals surface area contributed by atoms with E-state index in [2.05, 4.69) is 20.9 Å². The van der Waals surface area contributed by atoms with Crippen LogP contribution in [0.15, 0.2) is 35.2 Å². The van der Waals surface area contributed by atoms with Crippen LogP contribution in [-0.2, 0) is 0 Å². The molecule has 0 saturated carbocycles. The summed E-state index contributed by atoms with van der Waals surface area (Å²) in [7, 11) is 0. The summed E-state index contributed by atoms with van der Waals surface area (Å²) in [5.41, 5.74) is 7.35. The SMILES string of the molecule is CC(N)c1cncn1-c1cc(F)ccc1Br. The van der Waals surface area contributed by atoms with Crippen LogP contribution in [-0.4, -0.2) is 9.55 Å². The Labute approximate surface area is 101 Å². The first kappa shape index (κ1) is 11.3. The number of nitrogens with zero attached hydrogens (tertiary/aromatic N) is 2. The van der Waals surface area contributed by atoms with Gasteiger partial charge in [-0.2, -0.15) is 0 Å². The van der Waals surface area contributed by atoms with Crippen LogP contribution in [0, 0.1) is 5.82 Å². The highest BCUT2D eigenvalue weighted by atomic mass is 79.9. The van der Waals surface area contributed by atoms with Gasteiger partial charge in [0.2, 0.25) is 0 Å².